The van der Waals surface area contributed by atoms with E-state index in [1.54, 1.807) is 6.20 Å². The number of aryl methyl sites for hydroxylation is 1. The highest BCUT2D eigenvalue weighted by Crippen LogP contribution is 2.14. The average Bonchev–Trinajstić information content (AvgIpc) is 3.15. The number of hydrogen-bond donors (Lipinski definition) is 0. The number of carbonyl (C=O) groups excluding carboxylic acids is 1. The second kappa shape index (κ2) is 7.72. The molecule has 0 saturated carbocycles. The summed E-state index contributed by atoms with van der Waals surface area (Å²) in [6.45, 7) is 6.15. The van der Waals surface area contributed by atoms with Crippen molar-refractivity contribution in [3.8, 4) is 5.69 Å². The molecule has 6 nitrogen and oxygen atoms in total. The van der Waals surface area contributed by atoms with Crippen molar-refractivity contribution < 1.29 is 4.79 Å². The summed E-state index contributed by atoms with van der Waals surface area (Å²) in [6, 6.07) is 11.7. The molecule has 1 aromatic carbocycles. The fraction of sp³-hybridized carbons (Fsp3) is 0.286. The van der Waals surface area contributed by atoms with Gasteiger partial charge in [-0.1, -0.05) is 6.07 Å². The Morgan fingerprint density at radius 1 is 1.04 bits per heavy atom. The Morgan fingerprint density at radius 2 is 1.81 bits per heavy atom. The minimum Gasteiger partial charge on any atom is -0.336 e. The highest BCUT2D eigenvalue weighted by atomic mass is 16.2. The van der Waals surface area contributed by atoms with Crippen molar-refractivity contribution >= 4 is 5.91 Å². The number of hydrogen-bond acceptors (Lipinski definition) is 4. The highest BCUT2D eigenvalue weighted by Gasteiger charge is 2.22. The molecule has 0 N–H and O–H groups in total. The summed E-state index contributed by atoms with van der Waals surface area (Å²) in [5.41, 5.74) is 4.00. The van der Waals surface area contributed by atoms with Crippen LogP contribution in [0.4, 0.5) is 0 Å². The first-order valence-corrected chi connectivity index (χ1v) is 9.21. The number of amides is 1. The summed E-state index contributed by atoms with van der Waals surface area (Å²) in [7, 11) is 0. The van der Waals surface area contributed by atoms with Gasteiger partial charge >= 0.3 is 0 Å². The van der Waals surface area contributed by atoms with Crippen molar-refractivity contribution in [1.29, 1.82) is 0 Å². The number of rotatable bonds is 4. The number of piperazine rings is 1. The molecule has 1 saturated heterocycles. The smallest absolute Gasteiger partial charge is 0.253 e. The first-order valence-electron chi connectivity index (χ1n) is 9.21. The van der Waals surface area contributed by atoms with E-state index in [1.165, 1.54) is 5.56 Å². The quantitative estimate of drug-likeness (QED) is 0.717. The zero-order valence-electron chi connectivity index (χ0n) is 15.5. The van der Waals surface area contributed by atoms with Gasteiger partial charge in [0, 0.05) is 56.9 Å². The molecule has 3 aromatic rings. The van der Waals surface area contributed by atoms with E-state index in [0.29, 0.717) is 0 Å². The zero-order valence-corrected chi connectivity index (χ0v) is 15.5. The molecule has 1 amide bonds. The van der Waals surface area contributed by atoms with Crippen molar-refractivity contribution in [3.05, 3.63) is 77.9 Å². The van der Waals surface area contributed by atoms with Gasteiger partial charge in [0.1, 0.15) is 0 Å². The molecule has 27 heavy (non-hydrogen) atoms. The predicted molar refractivity (Wildman–Crippen MR) is 104 cm³/mol. The third-order valence-corrected chi connectivity index (χ3v) is 4.88. The lowest BCUT2D eigenvalue weighted by Gasteiger charge is -2.34. The van der Waals surface area contributed by atoms with E-state index >= 15 is 0 Å². The average molecular weight is 361 g/mol. The molecule has 0 atom stereocenters. The number of benzene rings is 1. The van der Waals surface area contributed by atoms with E-state index < -0.39 is 0 Å². The van der Waals surface area contributed by atoms with Crippen LogP contribution in [0.15, 0.2) is 61.2 Å². The molecule has 0 bridgehead atoms. The van der Waals surface area contributed by atoms with Crippen LogP contribution in [-0.2, 0) is 6.54 Å². The predicted octanol–water partition coefficient (Wildman–Crippen LogP) is 2.53. The largest absolute Gasteiger partial charge is 0.336 e. The molecule has 0 spiro atoms. The van der Waals surface area contributed by atoms with E-state index in [2.05, 4.69) is 21.0 Å². The van der Waals surface area contributed by atoms with Gasteiger partial charge in [0.05, 0.1) is 11.9 Å². The van der Waals surface area contributed by atoms with Crippen molar-refractivity contribution in [2.45, 2.75) is 13.5 Å². The van der Waals surface area contributed by atoms with E-state index in [1.807, 2.05) is 65.4 Å². The number of aromatic nitrogens is 3. The van der Waals surface area contributed by atoms with Gasteiger partial charge in [-0.05, 0) is 48.4 Å². The molecule has 1 fully saturated rings. The van der Waals surface area contributed by atoms with Gasteiger partial charge in [-0.2, -0.15) is 5.10 Å². The van der Waals surface area contributed by atoms with Crippen LogP contribution in [0.25, 0.3) is 5.69 Å². The van der Waals surface area contributed by atoms with Gasteiger partial charge in [0.25, 0.3) is 5.91 Å². The van der Waals surface area contributed by atoms with Crippen molar-refractivity contribution in [1.82, 2.24) is 24.6 Å². The van der Waals surface area contributed by atoms with Gasteiger partial charge < -0.3 is 4.90 Å². The Labute approximate surface area is 159 Å². The highest BCUT2D eigenvalue weighted by molar-refractivity contribution is 5.94. The third-order valence-electron chi connectivity index (χ3n) is 4.88. The Kier molecular flexibility index (Phi) is 4.98. The van der Waals surface area contributed by atoms with Gasteiger partial charge in [0.15, 0.2) is 0 Å². The summed E-state index contributed by atoms with van der Waals surface area (Å²) in [4.78, 5) is 21.3. The molecule has 1 aliphatic heterocycles. The zero-order chi connectivity index (χ0) is 18.6. The maximum atomic E-state index is 12.8. The van der Waals surface area contributed by atoms with E-state index in [-0.39, 0.29) is 5.91 Å². The van der Waals surface area contributed by atoms with E-state index in [0.717, 1.165) is 49.5 Å². The minimum absolute atomic E-state index is 0.0965. The van der Waals surface area contributed by atoms with Crippen molar-refractivity contribution in [2.75, 3.05) is 26.2 Å². The standard InChI is InChI=1S/C21H23N5O/c1-17-13-23-26(15-17)20-6-4-19(5-7-20)21(27)25-11-9-24(10-12-25)16-18-3-2-8-22-14-18/h2-8,13-15H,9-12,16H2,1H3. The summed E-state index contributed by atoms with van der Waals surface area (Å²) >= 11 is 0. The topological polar surface area (TPSA) is 54.3 Å². The van der Waals surface area contributed by atoms with Crippen LogP contribution in [0.1, 0.15) is 21.5 Å². The van der Waals surface area contributed by atoms with Gasteiger partial charge in [-0.25, -0.2) is 4.68 Å². The third kappa shape index (κ3) is 4.06. The normalized spacial score (nSPS) is 15.1. The molecule has 4 rings (SSSR count). The molecule has 0 aliphatic carbocycles. The second-order valence-corrected chi connectivity index (χ2v) is 6.94. The first-order chi connectivity index (χ1) is 13.2. The second-order valence-electron chi connectivity index (χ2n) is 6.94. The van der Waals surface area contributed by atoms with Crippen molar-refractivity contribution in [2.24, 2.45) is 0 Å². The molecule has 2 aromatic heterocycles. The molecule has 6 heteroatoms. The maximum Gasteiger partial charge on any atom is 0.253 e. The van der Waals surface area contributed by atoms with Gasteiger partial charge in [0.2, 0.25) is 0 Å². The van der Waals surface area contributed by atoms with Crippen LogP contribution in [0.3, 0.4) is 0 Å². The first kappa shape index (κ1) is 17.4. The van der Waals surface area contributed by atoms with Crippen LogP contribution in [0.5, 0.6) is 0 Å². The minimum atomic E-state index is 0.0965. The van der Waals surface area contributed by atoms with Crippen LogP contribution in [0, 0.1) is 6.92 Å². The SMILES string of the molecule is Cc1cnn(-c2ccc(C(=O)N3CCN(Cc4cccnc4)CC3)cc2)c1. The Hall–Kier alpha value is -2.99. The Bertz CT molecular complexity index is 896. The lowest BCUT2D eigenvalue weighted by Crippen LogP contribution is -2.48. The number of pyridine rings is 1. The molecular formula is C21H23N5O. The maximum absolute atomic E-state index is 12.8. The Morgan fingerprint density at radius 3 is 2.44 bits per heavy atom. The molecule has 0 unspecified atom stereocenters. The van der Waals surface area contributed by atoms with Gasteiger partial charge in [-0.15, -0.1) is 0 Å². The molecular weight excluding hydrogens is 338 g/mol. The molecule has 1 aliphatic rings. The molecule has 3 heterocycles. The van der Waals surface area contributed by atoms with E-state index in [4.69, 9.17) is 0 Å². The fourth-order valence-corrected chi connectivity index (χ4v) is 3.35. The molecule has 0 radical (unpaired) electrons. The lowest BCUT2D eigenvalue weighted by atomic mass is 10.1. The van der Waals surface area contributed by atoms with Crippen LogP contribution >= 0.6 is 0 Å². The monoisotopic (exact) mass is 361 g/mol. The lowest BCUT2D eigenvalue weighted by molar-refractivity contribution is 0.0628. The summed E-state index contributed by atoms with van der Waals surface area (Å²) in [6.07, 6.45) is 7.49. The van der Waals surface area contributed by atoms with Gasteiger partial charge in [-0.3, -0.25) is 14.7 Å². The van der Waals surface area contributed by atoms with E-state index in [9.17, 15) is 4.79 Å². The molecule has 138 valence electrons. The van der Waals surface area contributed by atoms with Crippen molar-refractivity contribution in [3.63, 3.8) is 0 Å². The van der Waals surface area contributed by atoms with Crippen LogP contribution < -0.4 is 0 Å². The summed E-state index contributed by atoms with van der Waals surface area (Å²) in [5, 5.41) is 4.30. The summed E-state index contributed by atoms with van der Waals surface area (Å²) in [5.74, 6) is 0.0965. The Balaban J connectivity index is 1.35. The number of carbonyl (C=O) groups is 1. The number of nitrogens with zero attached hydrogens (tertiary/aromatic N) is 5. The summed E-state index contributed by atoms with van der Waals surface area (Å²) < 4.78 is 1.82. The van der Waals surface area contributed by atoms with Crippen LogP contribution in [0.2, 0.25) is 0 Å². The van der Waals surface area contributed by atoms with Crippen LogP contribution in [-0.4, -0.2) is 56.7 Å². The fourth-order valence-electron chi connectivity index (χ4n) is 3.35.